The van der Waals surface area contributed by atoms with E-state index in [-0.39, 0.29) is 11.4 Å². The molecule has 3 heterocycles. The Morgan fingerprint density at radius 2 is 1.83 bits per heavy atom. The molecule has 3 aliphatic heterocycles. The average molecular weight is 412 g/mol. The van der Waals surface area contributed by atoms with E-state index in [1.165, 1.54) is 31.2 Å². The van der Waals surface area contributed by atoms with Crippen LogP contribution in [0.1, 0.15) is 37.7 Å². The maximum Gasteiger partial charge on any atom is 0.325 e. The Bertz CT molecular complexity index is 816. The van der Waals surface area contributed by atoms with Crippen LogP contribution in [0, 0.1) is 6.42 Å². The Kier molecular flexibility index (Phi) is 4.98. The predicted octanol–water partition coefficient (Wildman–Crippen LogP) is 1.90. The number of anilines is 1. The molecule has 3 amide bonds. The number of ether oxygens (including phenoxy) is 1. The van der Waals surface area contributed by atoms with Gasteiger partial charge < -0.3 is 15.4 Å². The van der Waals surface area contributed by atoms with Gasteiger partial charge in [0.1, 0.15) is 5.54 Å². The number of carbonyl (C=O) groups is 2. The van der Waals surface area contributed by atoms with Crippen molar-refractivity contribution in [2.75, 3.05) is 50.8 Å². The summed E-state index contributed by atoms with van der Waals surface area (Å²) in [5.41, 5.74) is 7.19. The van der Waals surface area contributed by atoms with Crippen molar-refractivity contribution >= 4 is 17.6 Å². The van der Waals surface area contributed by atoms with E-state index in [2.05, 4.69) is 17.0 Å². The first-order chi connectivity index (χ1) is 14.5. The van der Waals surface area contributed by atoms with Gasteiger partial charge in [0.2, 0.25) is 5.91 Å². The Hall–Kier alpha value is -2.12. The minimum Gasteiger partial charge on any atom is -0.379 e. The standard InChI is InChI=1S/C23H31N4O3/c24-20(28)23-9-2-11-27(23)21(29)26(17-23)19-5-3-18(4-6-19)22(7-1-8-22)10-12-25-13-15-30-16-14-25/h3-6,9H,1-2,7-8,10-17H2,(H2,24,28)/t23-/m1/s1. The molecule has 1 aliphatic carbocycles. The van der Waals surface area contributed by atoms with E-state index >= 15 is 0 Å². The summed E-state index contributed by atoms with van der Waals surface area (Å²) in [6, 6.07) is 8.33. The number of morpholine rings is 1. The molecule has 1 radical (unpaired) electrons. The van der Waals surface area contributed by atoms with Crippen molar-refractivity contribution in [3.63, 3.8) is 0 Å². The molecule has 0 unspecified atom stereocenters. The molecule has 4 aliphatic rings. The number of hydrogen-bond donors (Lipinski definition) is 1. The number of amides is 3. The van der Waals surface area contributed by atoms with Crippen LogP contribution >= 0.6 is 0 Å². The van der Waals surface area contributed by atoms with Crippen LogP contribution in [-0.4, -0.2) is 73.2 Å². The highest BCUT2D eigenvalue weighted by Gasteiger charge is 2.56. The fraction of sp³-hybridized carbons (Fsp3) is 0.609. The second-order valence-corrected chi connectivity index (χ2v) is 9.19. The van der Waals surface area contributed by atoms with E-state index in [0.717, 1.165) is 38.5 Å². The molecular formula is C23H31N4O3. The fourth-order valence-electron chi connectivity index (χ4n) is 5.60. The van der Waals surface area contributed by atoms with Crippen molar-refractivity contribution in [1.82, 2.24) is 9.80 Å². The van der Waals surface area contributed by atoms with Crippen LogP contribution in [0.15, 0.2) is 24.3 Å². The van der Waals surface area contributed by atoms with Crippen LogP contribution in [0.3, 0.4) is 0 Å². The van der Waals surface area contributed by atoms with E-state index in [9.17, 15) is 9.59 Å². The van der Waals surface area contributed by atoms with E-state index < -0.39 is 11.4 Å². The summed E-state index contributed by atoms with van der Waals surface area (Å²) < 4.78 is 5.47. The molecule has 5 rings (SSSR count). The summed E-state index contributed by atoms with van der Waals surface area (Å²) in [5.74, 6) is -0.441. The summed E-state index contributed by atoms with van der Waals surface area (Å²) >= 11 is 0. The number of nitrogens with zero attached hydrogens (tertiary/aromatic N) is 3. The molecule has 1 aromatic carbocycles. The van der Waals surface area contributed by atoms with Gasteiger partial charge in [-0.1, -0.05) is 18.6 Å². The molecule has 1 atom stereocenters. The summed E-state index contributed by atoms with van der Waals surface area (Å²) in [7, 11) is 0. The van der Waals surface area contributed by atoms with Crippen LogP contribution < -0.4 is 10.6 Å². The van der Waals surface area contributed by atoms with Crippen molar-refractivity contribution in [3.05, 3.63) is 36.2 Å². The lowest BCUT2D eigenvalue weighted by Crippen LogP contribution is -2.53. The number of urea groups is 1. The SMILES string of the molecule is NC(=O)[C@]12[CH]CCN1C(=O)N(c1ccc(C3(CCN4CCOCC4)CCC3)cc1)C2. The van der Waals surface area contributed by atoms with E-state index in [1.54, 1.807) is 9.80 Å². The zero-order chi connectivity index (χ0) is 20.8. The molecule has 4 fully saturated rings. The summed E-state index contributed by atoms with van der Waals surface area (Å²) in [4.78, 5) is 30.9. The van der Waals surface area contributed by atoms with Gasteiger partial charge in [0, 0.05) is 31.7 Å². The first kappa shape index (κ1) is 19.8. The maximum absolute atomic E-state index is 12.9. The molecule has 30 heavy (non-hydrogen) atoms. The molecule has 1 aromatic rings. The predicted molar refractivity (Wildman–Crippen MR) is 114 cm³/mol. The Morgan fingerprint density at radius 3 is 2.43 bits per heavy atom. The van der Waals surface area contributed by atoms with Crippen molar-refractivity contribution in [2.45, 2.75) is 43.1 Å². The van der Waals surface area contributed by atoms with Gasteiger partial charge in [-0.25, -0.2) is 4.79 Å². The second kappa shape index (κ2) is 7.54. The summed E-state index contributed by atoms with van der Waals surface area (Å²) in [6.07, 6.45) is 7.52. The average Bonchev–Trinajstić information content (AvgIpc) is 3.28. The van der Waals surface area contributed by atoms with E-state index in [1.807, 2.05) is 18.6 Å². The van der Waals surface area contributed by atoms with Crippen molar-refractivity contribution < 1.29 is 14.3 Å². The summed E-state index contributed by atoms with van der Waals surface area (Å²) in [5, 5.41) is 0. The third-order valence-electron chi connectivity index (χ3n) is 7.72. The zero-order valence-electron chi connectivity index (χ0n) is 17.5. The van der Waals surface area contributed by atoms with Crippen LogP contribution in [0.4, 0.5) is 10.5 Å². The van der Waals surface area contributed by atoms with Gasteiger partial charge in [-0.3, -0.25) is 14.6 Å². The van der Waals surface area contributed by atoms with Crippen LogP contribution in [0.25, 0.3) is 0 Å². The number of primary amides is 1. The number of benzene rings is 1. The van der Waals surface area contributed by atoms with Gasteiger partial charge in [-0.05, 0) is 55.3 Å². The molecule has 0 spiro atoms. The normalized spacial score (nSPS) is 28.5. The highest BCUT2D eigenvalue weighted by Crippen LogP contribution is 2.47. The molecule has 0 aromatic heterocycles. The van der Waals surface area contributed by atoms with Gasteiger partial charge in [0.15, 0.2) is 0 Å². The maximum atomic E-state index is 12.9. The molecule has 0 bridgehead atoms. The smallest absolute Gasteiger partial charge is 0.325 e. The van der Waals surface area contributed by atoms with Gasteiger partial charge in [0.25, 0.3) is 0 Å². The zero-order valence-corrected chi connectivity index (χ0v) is 17.5. The fourth-order valence-corrected chi connectivity index (χ4v) is 5.60. The van der Waals surface area contributed by atoms with Crippen LogP contribution in [0.5, 0.6) is 0 Å². The quantitative estimate of drug-likeness (QED) is 0.776. The molecule has 2 N–H and O–H groups in total. The largest absolute Gasteiger partial charge is 0.379 e. The van der Waals surface area contributed by atoms with Crippen LogP contribution in [-0.2, 0) is 14.9 Å². The van der Waals surface area contributed by atoms with Crippen molar-refractivity contribution in [1.29, 1.82) is 0 Å². The number of nitrogens with two attached hydrogens (primary N) is 1. The highest BCUT2D eigenvalue weighted by atomic mass is 16.5. The van der Waals surface area contributed by atoms with Gasteiger partial charge >= 0.3 is 6.03 Å². The second-order valence-electron chi connectivity index (χ2n) is 9.19. The topological polar surface area (TPSA) is 79.1 Å². The van der Waals surface area contributed by atoms with Crippen molar-refractivity contribution in [3.8, 4) is 0 Å². The first-order valence-electron chi connectivity index (χ1n) is 11.2. The van der Waals surface area contributed by atoms with Crippen LogP contribution in [0.2, 0.25) is 0 Å². The third-order valence-corrected chi connectivity index (χ3v) is 7.72. The lowest BCUT2D eigenvalue weighted by atomic mass is 9.62. The van der Waals surface area contributed by atoms with Gasteiger partial charge in [-0.15, -0.1) is 0 Å². The molecule has 1 saturated carbocycles. The van der Waals surface area contributed by atoms with Gasteiger partial charge in [-0.2, -0.15) is 0 Å². The summed E-state index contributed by atoms with van der Waals surface area (Å²) in [6.45, 7) is 5.72. The molecular weight excluding hydrogens is 380 g/mol. The van der Waals surface area contributed by atoms with Gasteiger partial charge in [0.05, 0.1) is 19.8 Å². The molecule has 7 nitrogen and oxygen atoms in total. The van der Waals surface area contributed by atoms with Crippen molar-refractivity contribution in [2.24, 2.45) is 5.73 Å². The monoisotopic (exact) mass is 411 g/mol. The minimum absolute atomic E-state index is 0.124. The van der Waals surface area contributed by atoms with E-state index in [4.69, 9.17) is 10.5 Å². The molecule has 7 heteroatoms. The lowest BCUT2D eigenvalue weighted by Gasteiger charge is -2.44. The third kappa shape index (κ3) is 3.10. The Balaban J connectivity index is 1.30. The van der Waals surface area contributed by atoms with E-state index in [0.29, 0.717) is 19.5 Å². The number of hydrogen-bond acceptors (Lipinski definition) is 4. The molecule has 161 valence electrons. The lowest BCUT2D eigenvalue weighted by molar-refractivity contribution is -0.124. The Labute approximate surface area is 178 Å². The highest BCUT2D eigenvalue weighted by molar-refractivity contribution is 6.04. The minimum atomic E-state index is -0.955. The number of rotatable bonds is 6. The number of carbonyl (C=O) groups excluding carboxylic acids is 2. The number of fused-ring (bicyclic) bond motifs is 1. The first-order valence-corrected chi connectivity index (χ1v) is 11.2. The molecule has 3 saturated heterocycles. The Morgan fingerprint density at radius 1 is 1.10 bits per heavy atom.